The first-order valence-corrected chi connectivity index (χ1v) is 23.0. The van der Waals surface area contributed by atoms with Crippen molar-refractivity contribution in [3.8, 4) is 11.3 Å². The molecule has 0 N–H and O–H groups in total. The van der Waals surface area contributed by atoms with E-state index in [0.717, 1.165) is 52.6 Å². The second kappa shape index (κ2) is 22.8. The minimum atomic E-state index is -1.66. The van der Waals surface area contributed by atoms with Gasteiger partial charge >= 0.3 is 24.1 Å². The van der Waals surface area contributed by atoms with E-state index >= 15 is 8.78 Å². The normalized spacial score (nSPS) is 16.6. The standard InChI is InChI=1S/C50H63F3N6O11/c1-32(60)68-31-42(63)59(28-34-27-57(29-38(34)53)47(66)70-49(5,6)7)44(45-54-39(36-25-35(51)15-16-37(36)52)30-56(45)26-33-13-11-10-12-14-33)50(8,9)20-24-67-46(65)55(21-19-43(64)69-48(2,3)4)22-23-58-40(61)17-18-41(58)62/h10-18,25,30,34,38,44H,19-24,26-29,31H2,1-9H3. The van der Waals surface area contributed by atoms with E-state index in [-0.39, 0.29) is 82.3 Å². The first-order chi connectivity index (χ1) is 32.7. The molecule has 0 bridgehead atoms. The molecule has 3 heterocycles. The van der Waals surface area contributed by atoms with Crippen molar-refractivity contribution in [2.45, 2.75) is 105 Å². The van der Waals surface area contributed by atoms with Gasteiger partial charge in [-0.25, -0.2) is 27.7 Å². The number of ether oxygens (including phenoxy) is 4. The minimum absolute atomic E-state index is 0.00586. The van der Waals surface area contributed by atoms with Gasteiger partial charge in [-0.2, -0.15) is 0 Å². The molecule has 0 saturated carbocycles. The van der Waals surface area contributed by atoms with Crippen LogP contribution in [0.3, 0.4) is 0 Å². The second-order valence-electron chi connectivity index (χ2n) is 20.0. The molecule has 5 rings (SSSR count). The SMILES string of the molecule is CC(=O)OCC(=O)N(CC1CN(C(=O)OC(C)(C)C)CC1F)C(c1nc(-c2cc(F)ccc2F)cn1Cc1ccccc1)C(C)(C)CCOC(=O)N(CCC(=O)OC(C)(C)C)CCN1C(=O)C=CC1=O. The van der Waals surface area contributed by atoms with Crippen LogP contribution in [0.4, 0.5) is 22.8 Å². The number of hydrogen-bond acceptors (Lipinski definition) is 12. The molecule has 3 unspecified atom stereocenters. The number of likely N-dealkylation sites (tertiary alicyclic amines) is 1. The lowest BCUT2D eigenvalue weighted by molar-refractivity contribution is -0.155. The number of rotatable bonds is 19. The van der Waals surface area contributed by atoms with Crippen LogP contribution in [0.15, 0.2) is 66.9 Å². The number of esters is 2. The molecule has 1 aromatic heterocycles. The number of imide groups is 1. The molecule has 2 aromatic carbocycles. The van der Waals surface area contributed by atoms with Gasteiger partial charge in [-0.05, 0) is 77.1 Å². The Morgan fingerprint density at radius 3 is 2.14 bits per heavy atom. The van der Waals surface area contributed by atoms with Crippen LogP contribution in [0.1, 0.15) is 92.6 Å². The number of imidazole rings is 1. The quantitative estimate of drug-likeness (QED) is 0.0680. The topological polar surface area (TPSA) is 187 Å². The molecule has 1 fully saturated rings. The maximum absolute atomic E-state index is 16.3. The highest BCUT2D eigenvalue weighted by Crippen LogP contribution is 2.43. The molecule has 2 aliphatic rings. The molecule has 380 valence electrons. The fraction of sp³-hybridized carbons (Fsp3) is 0.520. The number of carbonyl (C=O) groups is 7. The van der Waals surface area contributed by atoms with Gasteiger partial charge in [0.25, 0.3) is 17.7 Å². The van der Waals surface area contributed by atoms with Crippen LogP contribution in [0.25, 0.3) is 11.3 Å². The van der Waals surface area contributed by atoms with Crippen molar-refractivity contribution in [3.63, 3.8) is 0 Å². The van der Waals surface area contributed by atoms with Crippen LogP contribution in [0.5, 0.6) is 0 Å². The molecule has 3 aromatic rings. The van der Waals surface area contributed by atoms with Crippen LogP contribution < -0.4 is 0 Å². The Morgan fingerprint density at radius 2 is 1.51 bits per heavy atom. The maximum atomic E-state index is 16.3. The van der Waals surface area contributed by atoms with Gasteiger partial charge in [-0.15, -0.1) is 0 Å². The zero-order chi connectivity index (χ0) is 51.7. The van der Waals surface area contributed by atoms with Crippen molar-refractivity contribution in [2.75, 3.05) is 52.5 Å². The van der Waals surface area contributed by atoms with Crippen molar-refractivity contribution in [2.24, 2.45) is 11.3 Å². The number of benzene rings is 2. The molecular weight excluding hydrogens is 918 g/mol. The average molecular weight is 981 g/mol. The molecule has 1 saturated heterocycles. The zero-order valence-corrected chi connectivity index (χ0v) is 41.2. The van der Waals surface area contributed by atoms with E-state index in [1.54, 1.807) is 72.1 Å². The highest BCUT2D eigenvalue weighted by Gasteiger charge is 2.46. The number of carbonyl (C=O) groups excluding carboxylic acids is 7. The summed E-state index contributed by atoms with van der Waals surface area (Å²) in [5.41, 5.74) is -2.39. The number of halogens is 3. The number of alkyl halides is 1. The first-order valence-electron chi connectivity index (χ1n) is 23.0. The van der Waals surface area contributed by atoms with E-state index in [0.29, 0.717) is 0 Å². The second-order valence-corrected chi connectivity index (χ2v) is 20.0. The number of nitrogens with zero attached hydrogens (tertiary/aromatic N) is 6. The van der Waals surface area contributed by atoms with E-state index in [2.05, 4.69) is 0 Å². The molecule has 5 amide bonds. The predicted molar refractivity (Wildman–Crippen MR) is 248 cm³/mol. The van der Waals surface area contributed by atoms with Gasteiger partial charge in [0.1, 0.15) is 34.8 Å². The van der Waals surface area contributed by atoms with Gasteiger partial charge in [-0.3, -0.25) is 28.9 Å². The Kier molecular flexibility index (Phi) is 17.7. The van der Waals surface area contributed by atoms with E-state index in [1.165, 1.54) is 16.0 Å². The van der Waals surface area contributed by atoms with Crippen LogP contribution in [0, 0.1) is 23.0 Å². The van der Waals surface area contributed by atoms with Crippen molar-refractivity contribution in [3.05, 3.63) is 89.9 Å². The van der Waals surface area contributed by atoms with Gasteiger partial charge in [0, 0.05) is 76.0 Å². The fourth-order valence-corrected chi connectivity index (χ4v) is 8.03. The van der Waals surface area contributed by atoms with Crippen molar-refractivity contribution >= 4 is 41.8 Å². The highest BCUT2D eigenvalue weighted by atomic mass is 19.1. The Morgan fingerprint density at radius 1 is 0.857 bits per heavy atom. The first kappa shape index (κ1) is 54.2. The summed E-state index contributed by atoms with van der Waals surface area (Å²) in [7, 11) is 0. The van der Waals surface area contributed by atoms with Gasteiger partial charge in [-0.1, -0.05) is 44.2 Å². The maximum Gasteiger partial charge on any atom is 0.410 e. The van der Waals surface area contributed by atoms with Crippen LogP contribution in [-0.4, -0.2) is 141 Å². The van der Waals surface area contributed by atoms with E-state index in [4.69, 9.17) is 23.9 Å². The van der Waals surface area contributed by atoms with Gasteiger partial charge in [0.05, 0.1) is 31.3 Å². The smallest absolute Gasteiger partial charge is 0.410 e. The van der Waals surface area contributed by atoms with Gasteiger partial charge in [0.2, 0.25) is 0 Å². The number of hydrogen-bond donors (Lipinski definition) is 0. The van der Waals surface area contributed by atoms with Crippen molar-refractivity contribution in [1.29, 1.82) is 0 Å². The molecule has 20 heteroatoms. The van der Waals surface area contributed by atoms with Crippen molar-refractivity contribution in [1.82, 2.24) is 29.2 Å². The van der Waals surface area contributed by atoms with Crippen molar-refractivity contribution < 1.29 is 65.7 Å². The zero-order valence-electron chi connectivity index (χ0n) is 41.2. The van der Waals surface area contributed by atoms with E-state index in [1.807, 2.05) is 18.2 Å². The third-order valence-corrected chi connectivity index (χ3v) is 11.4. The van der Waals surface area contributed by atoms with E-state index in [9.17, 15) is 38.0 Å². The molecule has 3 atom stereocenters. The lowest BCUT2D eigenvalue weighted by Crippen LogP contribution is -2.48. The summed E-state index contributed by atoms with van der Waals surface area (Å²) in [5, 5.41) is 0. The van der Waals surface area contributed by atoms with E-state index < -0.39 is 94.8 Å². The minimum Gasteiger partial charge on any atom is -0.460 e. The molecule has 2 aliphatic heterocycles. The van der Waals surface area contributed by atoms with Crippen LogP contribution in [-0.2, 0) is 49.5 Å². The summed E-state index contributed by atoms with van der Waals surface area (Å²) in [6.45, 7) is 12.1. The highest BCUT2D eigenvalue weighted by molar-refractivity contribution is 6.12. The summed E-state index contributed by atoms with van der Waals surface area (Å²) < 4.78 is 70.2. The lowest BCUT2D eigenvalue weighted by atomic mass is 9.79. The van der Waals surface area contributed by atoms with Crippen LogP contribution in [0.2, 0.25) is 0 Å². The monoisotopic (exact) mass is 980 g/mol. The largest absolute Gasteiger partial charge is 0.460 e. The number of aromatic nitrogens is 2. The molecule has 70 heavy (non-hydrogen) atoms. The summed E-state index contributed by atoms with van der Waals surface area (Å²) in [4.78, 5) is 101. The predicted octanol–water partition coefficient (Wildman–Crippen LogP) is 7.03. The molecule has 0 radical (unpaired) electrons. The Bertz CT molecular complexity index is 2410. The molecule has 0 aliphatic carbocycles. The molecule has 17 nitrogen and oxygen atoms in total. The van der Waals surface area contributed by atoms with Gasteiger partial charge < -0.3 is 38.2 Å². The average Bonchev–Trinajstić information content (AvgIpc) is 3.94. The Balaban J connectivity index is 1.56. The number of amides is 5. The third kappa shape index (κ3) is 15.1. The van der Waals surface area contributed by atoms with Crippen LogP contribution >= 0.6 is 0 Å². The summed E-state index contributed by atoms with van der Waals surface area (Å²) in [5.74, 6) is -5.74. The Labute approximate surface area is 405 Å². The molecule has 0 spiro atoms. The third-order valence-electron chi connectivity index (χ3n) is 11.4. The summed E-state index contributed by atoms with van der Waals surface area (Å²) in [6.07, 6.45) is 0.0802. The Hall–Kier alpha value is -6.73. The lowest BCUT2D eigenvalue weighted by Gasteiger charge is -2.43. The summed E-state index contributed by atoms with van der Waals surface area (Å²) >= 11 is 0. The summed E-state index contributed by atoms with van der Waals surface area (Å²) in [6, 6.07) is 10.7. The molecular formula is C50H63F3N6O11. The van der Waals surface area contributed by atoms with Gasteiger partial charge in [0.15, 0.2) is 6.61 Å². The fourth-order valence-electron chi connectivity index (χ4n) is 8.03.